The number of hydrogen-bond donors (Lipinski definition) is 2. The summed E-state index contributed by atoms with van der Waals surface area (Å²) in [6.07, 6.45) is 1.75. The van der Waals surface area contributed by atoms with Crippen LogP contribution in [0, 0.1) is 0 Å². The van der Waals surface area contributed by atoms with E-state index in [1.54, 1.807) is 6.20 Å². The second-order valence-electron chi connectivity index (χ2n) is 6.28. The van der Waals surface area contributed by atoms with Crippen LogP contribution in [0.3, 0.4) is 0 Å². The van der Waals surface area contributed by atoms with Crippen molar-refractivity contribution in [2.75, 3.05) is 6.54 Å². The normalized spacial score (nSPS) is 11.1. The number of aliphatic imine (C=N–C) groups is 1. The minimum absolute atomic E-state index is 0.493. The van der Waals surface area contributed by atoms with E-state index >= 15 is 0 Å². The first-order valence-corrected chi connectivity index (χ1v) is 9.52. The molecule has 0 spiro atoms. The van der Waals surface area contributed by atoms with E-state index in [9.17, 15) is 0 Å². The summed E-state index contributed by atoms with van der Waals surface area (Å²) in [5.41, 5.74) is 3.28. The molecule has 5 nitrogen and oxygen atoms in total. The first-order valence-electron chi connectivity index (χ1n) is 9.52. The van der Waals surface area contributed by atoms with Gasteiger partial charge in [-0.05, 0) is 24.1 Å². The van der Waals surface area contributed by atoms with E-state index in [2.05, 4.69) is 39.7 Å². The average molecular weight is 374 g/mol. The number of aromatic nitrogens is 1. The zero-order chi connectivity index (χ0) is 19.4. The van der Waals surface area contributed by atoms with Gasteiger partial charge >= 0.3 is 0 Å². The summed E-state index contributed by atoms with van der Waals surface area (Å²) in [6.45, 7) is 4.55. The Morgan fingerprint density at radius 3 is 2.32 bits per heavy atom. The van der Waals surface area contributed by atoms with Gasteiger partial charge in [0.05, 0.1) is 6.54 Å². The summed E-state index contributed by atoms with van der Waals surface area (Å²) in [5.74, 6) is 1.40. The van der Waals surface area contributed by atoms with Crippen molar-refractivity contribution in [1.29, 1.82) is 0 Å². The third kappa shape index (κ3) is 6.13. The van der Waals surface area contributed by atoms with Gasteiger partial charge in [-0.15, -0.1) is 0 Å². The lowest BCUT2D eigenvalue weighted by molar-refractivity contribution is 0.290. The van der Waals surface area contributed by atoms with Gasteiger partial charge in [-0.25, -0.2) is 9.98 Å². The number of hydrogen-bond acceptors (Lipinski definition) is 3. The maximum Gasteiger partial charge on any atom is 0.218 e. The summed E-state index contributed by atoms with van der Waals surface area (Å²) in [5, 5.41) is 6.64. The fraction of sp³-hybridized carbons (Fsp3) is 0.217. The van der Waals surface area contributed by atoms with Crippen LogP contribution in [0.25, 0.3) is 0 Å². The SMILES string of the molecule is CCNC(=NCc1ccccc1)NCc1cccnc1OCc1ccccc1. The van der Waals surface area contributed by atoms with Crippen LogP contribution in [-0.4, -0.2) is 17.5 Å². The molecule has 144 valence electrons. The molecule has 0 aliphatic rings. The molecule has 0 bridgehead atoms. The largest absolute Gasteiger partial charge is 0.473 e. The minimum Gasteiger partial charge on any atom is -0.473 e. The van der Waals surface area contributed by atoms with Crippen LogP contribution in [0.4, 0.5) is 0 Å². The molecule has 0 unspecified atom stereocenters. The molecule has 1 heterocycles. The van der Waals surface area contributed by atoms with Gasteiger partial charge < -0.3 is 15.4 Å². The smallest absolute Gasteiger partial charge is 0.218 e. The van der Waals surface area contributed by atoms with Crippen LogP contribution in [-0.2, 0) is 19.7 Å². The number of ether oxygens (including phenoxy) is 1. The standard InChI is InChI=1S/C23H26N4O/c1-2-24-23(26-16-19-10-5-3-6-11-19)27-17-21-14-9-15-25-22(21)28-18-20-12-7-4-8-13-20/h3-15H,2,16-18H2,1H3,(H2,24,26,27). The van der Waals surface area contributed by atoms with Crippen LogP contribution in [0.2, 0.25) is 0 Å². The van der Waals surface area contributed by atoms with Crippen molar-refractivity contribution in [3.05, 3.63) is 95.7 Å². The van der Waals surface area contributed by atoms with Crippen LogP contribution in [0.1, 0.15) is 23.6 Å². The first-order chi connectivity index (χ1) is 13.8. The highest BCUT2D eigenvalue weighted by Crippen LogP contribution is 2.16. The quantitative estimate of drug-likeness (QED) is 0.464. The number of nitrogens with zero attached hydrogens (tertiary/aromatic N) is 2. The second-order valence-corrected chi connectivity index (χ2v) is 6.28. The predicted molar refractivity (Wildman–Crippen MR) is 113 cm³/mol. The lowest BCUT2D eigenvalue weighted by Crippen LogP contribution is -2.36. The Morgan fingerprint density at radius 1 is 0.893 bits per heavy atom. The van der Waals surface area contributed by atoms with Crippen molar-refractivity contribution in [2.45, 2.75) is 26.6 Å². The molecule has 0 radical (unpaired) electrons. The number of pyridine rings is 1. The highest BCUT2D eigenvalue weighted by molar-refractivity contribution is 5.79. The van der Waals surface area contributed by atoms with Crippen molar-refractivity contribution < 1.29 is 4.74 Å². The minimum atomic E-state index is 0.493. The van der Waals surface area contributed by atoms with Gasteiger partial charge in [-0.1, -0.05) is 66.7 Å². The van der Waals surface area contributed by atoms with E-state index in [4.69, 9.17) is 4.74 Å². The lowest BCUT2D eigenvalue weighted by Gasteiger charge is -2.14. The third-order valence-electron chi connectivity index (χ3n) is 4.12. The van der Waals surface area contributed by atoms with Crippen molar-refractivity contribution in [1.82, 2.24) is 15.6 Å². The van der Waals surface area contributed by atoms with Gasteiger partial charge in [0, 0.05) is 24.8 Å². The van der Waals surface area contributed by atoms with Crippen LogP contribution in [0.15, 0.2) is 84.0 Å². The summed E-state index contributed by atoms with van der Waals surface area (Å²) >= 11 is 0. The molecule has 0 fully saturated rings. The van der Waals surface area contributed by atoms with E-state index in [-0.39, 0.29) is 0 Å². The molecule has 28 heavy (non-hydrogen) atoms. The first kappa shape index (κ1) is 19.4. The molecule has 0 amide bonds. The Bertz CT molecular complexity index is 866. The van der Waals surface area contributed by atoms with E-state index in [0.717, 1.165) is 23.6 Å². The number of rotatable bonds is 8. The zero-order valence-electron chi connectivity index (χ0n) is 16.1. The van der Waals surface area contributed by atoms with E-state index in [1.807, 2.05) is 60.7 Å². The van der Waals surface area contributed by atoms with Gasteiger partial charge in [0.1, 0.15) is 6.61 Å². The highest BCUT2D eigenvalue weighted by atomic mass is 16.5. The van der Waals surface area contributed by atoms with Crippen molar-refractivity contribution in [3.8, 4) is 5.88 Å². The topological polar surface area (TPSA) is 58.5 Å². The Morgan fingerprint density at radius 2 is 1.61 bits per heavy atom. The maximum absolute atomic E-state index is 5.93. The molecule has 5 heteroatoms. The Balaban J connectivity index is 1.61. The van der Waals surface area contributed by atoms with Crippen molar-refractivity contribution >= 4 is 5.96 Å². The zero-order valence-corrected chi connectivity index (χ0v) is 16.1. The maximum atomic E-state index is 5.93. The third-order valence-corrected chi connectivity index (χ3v) is 4.12. The molecular weight excluding hydrogens is 348 g/mol. The van der Waals surface area contributed by atoms with Gasteiger partial charge in [-0.3, -0.25) is 0 Å². The van der Waals surface area contributed by atoms with Crippen LogP contribution in [0.5, 0.6) is 5.88 Å². The Hall–Kier alpha value is -3.34. The van der Waals surface area contributed by atoms with E-state index in [1.165, 1.54) is 5.56 Å². The van der Waals surface area contributed by atoms with Crippen LogP contribution >= 0.6 is 0 Å². The number of nitrogens with one attached hydrogen (secondary N) is 2. The van der Waals surface area contributed by atoms with Gasteiger partial charge in [0.15, 0.2) is 5.96 Å². The Kier molecular flexibility index (Phi) is 7.44. The molecule has 2 N–H and O–H groups in total. The molecule has 3 aromatic rings. The summed E-state index contributed by atoms with van der Waals surface area (Å²) in [4.78, 5) is 9.04. The molecule has 2 aromatic carbocycles. The summed E-state index contributed by atoms with van der Waals surface area (Å²) < 4.78 is 5.93. The Labute approximate surface area is 166 Å². The molecule has 1 aromatic heterocycles. The average Bonchev–Trinajstić information content (AvgIpc) is 2.76. The summed E-state index contributed by atoms with van der Waals surface area (Å²) in [7, 11) is 0. The number of benzene rings is 2. The van der Waals surface area contributed by atoms with Gasteiger partial charge in [0.25, 0.3) is 0 Å². The molecule has 3 rings (SSSR count). The van der Waals surface area contributed by atoms with E-state index < -0.39 is 0 Å². The molecular formula is C23H26N4O. The number of guanidine groups is 1. The molecule has 0 atom stereocenters. The van der Waals surface area contributed by atoms with Gasteiger partial charge in [-0.2, -0.15) is 0 Å². The monoisotopic (exact) mass is 374 g/mol. The fourth-order valence-corrected chi connectivity index (χ4v) is 2.69. The second kappa shape index (κ2) is 10.7. The lowest BCUT2D eigenvalue weighted by atomic mass is 10.2. The van der Waals surface area contributed by atoms with Crippen molar-refractivity contribution in [3.63, 3.8) is 0 Å². The summed E-state index contributed by atoms with van der Waals surface area (Å²) in [6, 6.07) is 24.2. The molecule has 0 aliphatic carbocycles. The molecule has 0 saturated carbocycles. The van der Waals surface area contributed by atoms with Gasteiger partial charge in [0.2, 0.25) is 5.88 Å². The van der Waals surface area contributed by atoms with E-state index in [0.29, 0.717) is 25.6 Å². The molecule has 0 aliphatic heterocycles. The highest BCUT2D eigenvalue weighted by Gasteiger charge is 2.06. The van der Waals surface area contributed by atoms with Crippen LogP contribution < -0.4 is 15.4 Å². The van der Waals surface area contributed by atoms with Crippen molar-refractivity contribution in [2.24, 2.45) is 4.99 Å². The predicted octanol–water partition coefficient (Wildman–Crippen LogP) is 3.92. The fourth-order valence-electron chi connectivity index (χ4n) is 2.69. The molecule has 0 saturated heterocycles.